The lowest BCUT2D eigenvalue weighted by atomic mass is 10.2. The number of fused-ring (bicyclic) bond motifs is 1. The van der Waals surface area contributed by atoms with Crippen molar-refractivity contribution in [3.8, 4) is 0 Å². The highest BCUT2D eigenvalue weighted by molar-refractivity contribution is 5.84. The Hall–Kier alpha value is -1.36. The number of rotatable bonds is 9. The van der Waals surface area contributed by atoms with E-state index in [4.69, 9.17) is 5.11 Å². The van der Waals surface area contributed by atoms with E-state index < -0.39 is 0 Å². The Morgan fingerprint density at radius 2 is 1.86 bits per heavy atom. The molecule has 1 aromatic carbocycles. The number of aliphatic hydroxyl groups is 1. The number of hydrogen-bond donors (Lipinski definition) is 3. The minimum atomic E-state index is 0.210. The lowest BCUT2D eigenvalue weighted by Gasteiger charge is -2.08. The molecule has 0 aliphatic heterocycles. The molecule has 0 saturated heterocycles. The predicted octanol–water partition coefficient (Wildman–Crippen LogP) is 2.28. The summed E-state index contributed by atoms with van der Waals surface area (Å²) in [6, 6.07) is 9.08. The second-order valence-corrected chi connectivity index (χ2v) is 5.68. The van der Waals surface area contributed by atoms with Gasteiger partial charge in [0.25, 0.3) is 0 Å². The van der Waals surface area contributed by atoms with Crippen LogP contribution in [0.1, 0.15) is 31.9 Å². The van der Waals surface area contributed by atoms with E-state index in [0.29, 0.717) is 12.6 Å². The van der Waals surface area contributed by atoms with Gasteiger partial charge in [-0.25, -0.2) is 0 Å². The van der Waals surface area contributed by atoms with Crippen molar-refractivity contribution in [3.63, 3.8) is 0 Å². The van der Waals surface area contributed by atoms with Crippen LogP contribution in [0.5, 0.6) is 0 Å². The van der Waals surface area contributed by atoms with Gasteiger partial charge >= 0.3 is 0 Å². The predicted molar refractivity (Wildman–Crippen MR) is 88.6 cm³/mol. The van der Waals surface area contributed by atoms with Crippen LogP contribution in [0.25, 0.3) is 10.9 Å². The Morgan fingerprint density at radius 1 is 1.10 bits per heavy atom. The molecular weight excluding hydrogens is 262 g/mol. The summed E-state index contributed by atoms with van der Waals surface area (Å²) in [6.45, 7) is 8.16. The Balaban J connectivity index is 1.90. The molecule has 2 aromatic rings. The Bertz CT molecular complexity index is 548. The molecule has 0 bridgehead atoms. The Labute approximate surface area is 127 Å². The van der Waals surface area contributed by atoms with E-state index in [1.54, 1.807) is 0 Å². The third kappa shape index (κ3) is 4.30. The molecule has 0 aliphatic rings. The highest BCUT2D eigenvalue weighted by atomic mass is 16.3. The summed E-state index contributed by atoms with van der Waals surface area (Å²) in [7, 11) is 0. The number of nitrogens with one attached hydrogen (secondary N) is 2. The first-order chi connectivity index (χ1) is 10.2. The minimum Gasteiger partial charge on any atom is -0.395 e. The van der Waals surface area contributed by atoms with Crippen molar-refractivity contribution in [1.29, 1.82) is 0 Å². The number of benzene rings is 1. The SMILES string of the molecule is CC(C)n1cc(CNCCCNCCO)c2ccccc21. The first-order valence-electron chi connectivity index (χ1n) is 7.84. The first-order valence-corrected chi connectivity index (χ1v) is 7.84. The molecule has 116 valence electrons. The average molecular weight is 289 g/mol. The van der Waals surface area contributed by atoms with E-state index in [1.165, 1.54) is 16.5 Å². The molecule has 2 rings (SSSR count). The second kappa shape index (κ2) is 8.17. The normalized spacial score (nSPS) is 11.6. The maximum Gasteiger partial charge on any atom is 0.0555 e. The van der Waals surface area contributed by atoms with E-state index in [0.717, 1.165) is 26.1 Å². The van der Waals surface area contributed by atoms with Gasteiger partial charge in [-0.3, -0.25) is 0 Å². The zero-order chi connectivity index (χ0) is 15.1. The average Bonchev–Trinajstić information content (AvgIpc) is 2.86. The summed E-state index contributed by atoms with van der Waals surface area (Å²) in [5.41, 5.74) is 2.68. The molecule has 21 heavy (non-hydrogen) atoms. The molecule has 0 aliphatic carbocycles. The fourth-order valence-electron chi connectivity index (χ4n) is 2.61. The van der Waals surface area contributed by atoms with Crippen molar-refractivity contribution in [2.24, 2.45) is 0 Å². The Kier molecular flexibility index (Phi) is 6.23. The molecule has 1 heterocycles. The van der Waals surface area contributed by atoms with E-state index in [2.05, 4.69) is 59.5 Å². The first kappa shape index (κ1) is 16.0. The van der Waals surface area contributed by atoms with Gasteiger partial charge < -0.3 is 20.3 Å². The maximum absolute atomic E-state index is 8.68. The number of hydrogen-bond acceptors (Lipinski definition) is 3. The topological polar surface area (TPSA) is 49.2 Å². The third-order valence-corrected chi connectivity index (χ3v) is 3.69. The van der Waals surface area contributed by atoms with Gasteiger partial charge in [-0.15, -0.1) is 0 Å². The van der Waals surface area contributed by atoms with Gasteiger partial charge in [0, 0.05) is 36.2 Å². The van der Waals surface area contributed by atoms with Gasteiger partial charge in [-0.2, -0.15) is 0 Å². The van der Waals surface area contributed by atoms with Crippen LogP contribution < -0.4 is 10.6 Å². The highest BCUT2D eigenvalue weighted by Crippen LogP contribution is 2.24. The van der Waals surface area contributed by atoms with Crippen molar-refractivity contribution in [2.45, 2.75) is 32.9 Å². The summed E-state index contributed by atoms with van der Waals surface area (Å²) < 4.78 is 2.34. The zero-order valence-electron chi connectivity index (χ0n) is 13.1. The molecule has 0 unspecified atom stereocenters. The quantitative estimate of drug-likeness (QED) is 0.621. The van der Waals surface area contributed by atoms with Gasteiger partial charge in [0.2, 0.25) is 0 Å². The number of para-hydroxylation sites is 1. The van der Waals surface area contributed by atoms with E-state index in [9.17, 15) is 0 Å². The van der Waals surface area contributed by atoms with Gasteiger partial charge in [-0.1, -0.05) is 18.2 Å². The van der Waals surface area contributed by atoms with E-state index in [-0.39, 0.29) is 6.61 Å². The molecule has 0 saturated carbocycles. The van der Waals surface area contributed by atoms with Crippen molar-refractivity contribution in [2.75, 3.05) is 26.2 Å². The largest absolute Gasteiger partial charge is 0.395 e. The highest BCUT2D eigenvalue weighted by Gasteiger charge is 2.09. The van der Waals surface area contributed by atoms with Crippen molar-refractivity contribution in [3.05, 3.63) is 36.0 Å². The molecule has 3 N–H and O–H groups in total. The molecule has 0 fully saturated rings. The molecule has 0 radical (unpaired) electrons. The molecule has 4 nitrogen and oxygen atoms in total. The second-order valence-electron chi connectivity index (χ2n) is 5.68. The number of nitrogens with zero attached hydrogens (tertiary/aromatic N) is 1. The van der Waals surface area contributed by atoms with Gasteiger partial charge in [0.15, 0.2) is 0 Å². The lowest BCUT2D eigenvalue weighted by Crippen LogP contribution is -2.23. The number of aromatic nitrogens is 1. The zero-order valence-corrected chi connectivity index (χ0v) is 13.1. The van der Waals surface area contributed by atoms with Crippen LogP contribution in [0.3, 0.4) is 0 Å². The van der Waals surface area contributed by atoms with E-state index >= 15 is 0 Å². The van der Waals surface area contributed by atoms with Crippen LogP contribution in [-0.2, 0) is 6.54 Å². The number of aliphatic hydroxyl groups excluding tert-OH is 1. The van der Waals surface area contributed by atoms with Crippen LogP contribution in [-0.4, -0.2) is 35.9 Å². The van der Waals surface area contributed by atoms with Crippen molar-refractivity contribution in [1.82, 2.24) is 15.2 Å². The summed E-state index contributed by atoms with van der Waals surface area (Å²) in [4.78, 5) is 0. The monoisotopic (exact) mass is 289 g/mol. The summed E-state index contributed by atoms with van der Waals surface area (Å²) in [6.07, 6.45) is 3.34. The summed E-state index contributed by atoms with van der Waals surface area (Å²) in [5.74, 6) is 0. The van der Waals surface area contributed by atoms with Crippen LogP contribution >= 0.6 is 0 Å². The smallest absolute Gasteiger partial charge is 0.0555 e. The van der Waals surface area contributed by atoms with E-state index in [1.807, 2.05) is 0 Å². The summed E-state index contributed by atoms with van der Waals surface area (Å²) >= 11 is 0. The fourth-order valence-corrected chi connectivity index (χ4v) is 2.61. The standard InChI is InChI=1S/C17H27N3O/c1-14(2)20-13-15(16-6-3-4-7-17(16)20)12-19-9-5-8-18-10-11-21/h3-4,6-7,13-14,18-19,21H,5,8-12H2,1-2H3. The summed E-state index contributed by atoms with van der Waals surface area (Å²) in [5, 5.41) is 16.7. The fraction of sp³-hybridized carbons (Fsp3) is 0.529. The van der Waals surface area contributed by atoms with Gasteiger partial charge in [0.05, 0.1) is 6.61 Å². The van der Waals surface area contributed by atoms with Crippen LogP contribution in [0.4, 0.5) is 0 Å². The Morgan fingerprint density at radius 3 is 2.62 bits per heavy atom. The minimum absolute atomic E-state index is 0.210. The van der Waals surface area contributed by atoms with Crippen molar-refractivity contribution >= 4 is 10.9 Å². The van der Waals surface area contributed by atoms with Gasteiger partial charge in [-0.05, 0) is 45.0 Å². The molecule has 0 atom stereocenters. The van der Waals surface area contributed by atoms with Crippen LogP contribution in [0.15, 0.2) is 30.5 Å². The molecule has 0 spiro atoms. The third-order valence-electron chi connectivity index (χ3n) is 3.69. The van der Waals surface area contributed by atoms with Crippen LogP contribution in [0, 0.1) is 0 Å². The van der Waals surface area contributed by atoms with Crippen LogP contribution in [0.2, 0.25) is 0 Å². The maximum atomic E-state index is 8.68. The molecule has 4 heteroatoms. The van der Waals surface area contributed by atoms with Gasteiger partial charge in [0.1, 0.15) is 0 Å². The molecule has 0 amide bonds. The van der Waals surface area contributed by atoms with Crippen molar-refractivity contribution < 1.29 is 5.11 Å². The lowest BCUT2D eigenvalue weighted by molar-refractivity contribution is 0.292. The molecular formula is C17H27N3O. The molecule has 1 aromatic heterocycles.